The smallest absolute Gasteiger partial charge is 0.251 e. The Morgan fingerprint density at radius 2 is 2.11 bits per heavy atom. The first-order valence-electron chi connectivity index (χ1n) is 5.91. The summed E-state index contributed by atoms with van der Waals surface area (Å²) >= 11 is 1.66. The van der Waals surface area contributed by atoms with E-state index in [4.69, 9.17) is 0 Å². The number of carbonyl (C=O) groups excluding carboxylic acids is 1. The molecule has 0 radical (unpaired) electrons. The van der Waals surface area contributed by atoms with E-state index in [9.17, 15) is 15.0 Å². The normalized spacial score (nSPS) is 12.1. The zero-order chi connectivity index (χ0) is 13.8. The van der Waals surface area contributed by atoms with E-state index in [1.54, 1.807) is 11.3 Å². The quantitative estimate of drug-likeness (QED) is 0.753. The molecule has 0 saturated heterocycles. The number of hydrogen-bond donors (Lipinski definition) is 3. The molecule has 0 bridgehead atoms. The van der Waals surface area contributed by atoms with Crippen molar-refractivity contribution >= 4 is 17.2 Å². The largest absolute Gasteiger partial charge is 0.504 e. The number of nitrogens with one attached hydrogen (secondary N) is 1. The van der Waals surface area contributed by atoms with Crippen molar-refractivity contribution in [2.45, 2.75) is 12.8 Å². The Labute approximate surface area is 115 Å². The van der Waals surface area contributed by atoms with Gasteiger partial charge in [0.05, 0.1) is 0 Å². The third kappa shape index (κ3) is 3.26. The van der Waals surface area contributed by atoms with Gasteiger partial charge < -0.3 is 15.5 Å². The highest BCUT2D eigenvalue weighted by atomic mass is 32.1. The highest BCUT2D eigenvalue weighted by molar-refractivity contribution is 7.10. The molecule has 100 valence electrons. The fraction of sp³-hybridized carbons (Fsp3) is 0.214. The van der Waals surface area contributed by atoms with Crippen LogP contribution in [-0.4, -0.2) is 22.7 Å². The number of hydrogen-bond acceptors (Lipinski definition) is 4. The average molecular weight is 277 g/mol. The lowest BCUT2D eigenvalue weighted by Gasteiger charge is -2.11. The number of aromatic hydroxyl groups is 2. The van der Waals surface area contributed by atoms with Crippen LogP contribution in [0.2, 0.25) is 0 Å². The summed E-state index contributed by atoms with van der Waals surface area (Å²) < 4.78 is 0. The average Bonchev–Trinajstić information content (AvgIpc) is 2.92. The van der Waals surface area contributed by atoms with E-state index in [1.165, 1.54) is 23.1 Å². The number of thiophene rings is 1. The van der Waals surface area contributed by atoms with Gasteiger partial charge in [0.25, 0.3) is 5.91 Å². The van der Waals surface area contributed by atoms with Crippen LogP contribution in [0.3, 0.4) is 0 Å². The van der Waals surface area contributed by atoms with Crippen molar-refractivity contribution < 1.29 is 15.0 Å². The van der Waals surface area contributed by atoms with Crippen LogP contribution in [0, 0.1) is 0 Å². The van der Waals surface area contributed by atoms with Crippen LogP contribution in [0.25, 0.3) is 0 Å². The third-order valence-electron chi connectivity index (χ3n) is 2.84. The molecule has 0 aliphatic heterocycles. The van der Waals surface area contributed by atoms with E-state index < -0.39 is 0 Å². The summed E-state index contributed by atoms with van der Waals surface area (Å²) in [7, 11) is 0. The predicted molar refractivity (Wildman–Crippen MR) is 74.8 cm³/mol. The van der Waals surface area contributed by atoms with Gasteiger partial charge in [0.1, 0.15) is 0 Å². The SMILES string of the molecule is CC(CNC(=O)c1ccc(O)c(O)c1)c1cccs1. The molecule has 1 atom stereocenters. The highest BCUT2D eigenvalue weighted by Gasteiger charge is 2.11. The third-order valence-corrected chi connectivity index (χ3v) is 3.94. The standard InChI is InChI=1S/C14H15NO3S/c1-9(13-3-2-6-19-13)8-15-14(18)10-4-5-11(16)12(17)7-10/h2-7,9,16-17H,8H2,1H3,(H,15,18). The van der Waals surface area contributed by atoms with Crippen molar-refractivity contribution in [3.63, 3.8) is 0 Å². The number of phenols is 2. The van der Waals surface area contributed by atoms with Crippen molar-refractivity contribution in [1.29, 1.82) is 0 Å². The second-order valence-corrected chi connectivity index (χ2v) is 5.31. The minimum atomic E-state index is -0.293. The van der Waals surface area contributed by atoms with Crippen molar-refractivity contribution in [2.24, 2.45) is 0 Å². The first kappa shape index (κ1) is 13.4. The van der Waals surface area contributed by atoms with E-state index in [0.717, 1.165) is 0 Å². The Morgan fingerprint density at radius 1 is 1.32 bits per heavy atom. The van der Waals surface area contributed by atoms with E-state index in [0.29, 0.717) is 12.1 Å². The van der Waals surface area contributed by atoms with Gasteiger partial charge in [-0.2, -0.15) is 0 Å². The number of benzene rings is 1. The Balaban J connectivity index is 1.96. The maximum absolute atomic E-state index is 11.9. The predicted octanol–water partition coefficient (Wildman–Crippen LogP) is 2.69. The van der Waals surface area contributed by atoms with Crippen LogP contribution in [0.5, 0.6) is 11.5 Å². The number of phenolic OH excluding ortho intramolecular Hbond substituents is 2. The molecule has 0 saturated carbocycles. The Morgan fingerprint density at radius 3 is 2.74 bits per heavy atom. The summed E-state index contributed by atoms with van der Waals surface area (Å²) in [6.45, 7) is 2.57. The van der Waals surface area contributed by atoms with E-state index in [2.05, 4.69) is 5.32 Å². The molecule has 0 aliphatic carbocycles. The second-order valence-electron chi connectivity index (χ2n) is 4.33. The lowest BCUT2D eigenvalue weighted by Crippen LogP contribution is -2.27. The number of amides is 1. The molecule has 1 amide bonds. The van der Waals surface area contributed by atoms with Crippen molar-refractivity contribution in [3.05, 3.63) is 46.2 Å². The minimum Gasteiger partial charge on any atom is -0.504 e. The molecule has 3 N–H and O–H groups in total. The molecule has 5 heteroatoms. The Hall–Kier alpha value is -2.01. The molecule has 2 rings (SSSR count). The van der Waals surface area contributed by atoms with Gasteiger partial charge in [0, 0.05) is 22.9 Å². The van der Waals surface area contributed by atoms with E-state index in [-0.39, 0.29) is 23.3 Å². The fourth-order valence-corrected chi connectivity index (χ4v) is 2.47. The molecule has 4 nitrogen and oxygen atoms in total. The molecule has 19 heavy (non-hydrogen) atoms. The van der Waals surface area contributed by atoms with Gasteiger partial charge in [-0.25, -0.2) is 0 Å². The van der Waals surface area contributed by atoms with Gasteiger partial charge in [-0.15, -0.1) is 11.3 Å². The van der Waals surface area contributed by atoms with Crippen LogP contribution in [-0.2, 0) is 0 Å². The van der Waals surface area contributed by atoms with E-state index in [1.807, 2.05) is 24.4 Å². The molecule has 2 aromatic rings. The van der Waals surface area contributed by atoms with Gasteiger partial charge in [0.15, 0.2) is 11.5 Å². The van der Waals surface area contributed by atoms with Crippen molar-refractivity contribution in [3.8, 4) is 11.5 Å². The van der Waals surface area contributed by atoms with Crippen LogP contribution < -0.4 is 5.32 Å². The summed E-state index contributed by atoms with van der Waals surface area (Å²) in [5, 5.41) is 23.4. The summed E-state index contributed by atoms with van der Waals surface area (Å²) in [6, 6.07) is 8.04. The zero-order valence-corrected chi connectivity index (χ0v) is 11.3. The molecule has 1 aromatic carbocycles. The molecule has 1 unspecified atom stereocenters. The molecule has 0 fully saturated rings. The van der Waals surface area contributed by atoms with Crippen LogP contribution in [0.4, 0.5) is 0 Å². The number of carbonyl (C=O) groups is 1. The first-order chi connectivity index (χ1) is 9.08. The van der Waals surface area contributed by atoms with Crippen molar-refractivity contribution in [2.75, 3.05) is 6.54 Å². The Kier molecular flexibility index (Phi) is 4.06. The Bertz CT molecular complexity index is 566. The maximum Gasteiger partial charge on any atom is 0.251 e. The lowest BCUT2D eigenvalue weighted by atomic mass is 10.1. The first-order valence-corrected chi connectivity index (χ1v) is 6.79. The maximum atomic E-state index is 11.9. The summed E-state index contributed by atoms with van der Waals surface area (Å²) in [5.41, 5.74) is 0.327. The van der Waals surface area contributed by atoms with Crippen LogP contribution >= 0.6 is 11.3 Å². The van der Waals surface area contributed by atoms with Gasteiger partial charge in [-0.3, -0.25) is 4.79 Å². The molecule has 0 spiro atoms. The molecular weight excluding hydrogens is 262 g/mol. The van der Waals surface area contributed by atoms with Gasteiger partial charge in [-0.05, 0) is 29.6 Å². The summed E-state index contributed by atoms with van der Waals surface area (Å²) in [5.74, 6) is -0.546. The molecular formula is C14H15NO3S. The lowest BCUT2D eigenvalue weighted by molar-refractivity contribution is 0.0951. The van der Waals surface area contributed by atoms with Crippen LogP contribution in [0.1, 0.15) is 28.1 Å². The second kappa shape index (κ2) is 5.75. The van der Waals surface area contributed by atoms with Crippen molar-refractivity contribution in [1.82, 2.24) is 5.32 Å². The van der Waals surface area contributed by atoms with E-state index >= 15 is 0 Å². The summed E-state index contributed by atoms with van der Waals surface area (Å²) in [6.07, 6.45) is 0. The minimum absolute atomic E-state index is 0.233. The fourth-order valence-electron chi connectivity index (χ4n) is 1.68. The molecule has 1 heterocycles. The molecule has 1 aromatic heterocycles. The van der Waals surface area contributed by atoms with Gasteiger partial charge in [0.2, 0.25) is 0 Å². The monoisotopic (exact) mass is 277 g/mol. The molecule has 0 aliphatic rings. The topological polar surface area (TPSA) is 69.6 Å². The van der Waals surface area contributed by atoms with Gasteiger partial charge in [-0.1, -0.05) is 13.0 Å². The number of rotatable bonds is 4. The zero-order valence-electron chi connectivity index (χ0n) is 10.5. The summed E-state index contributed by atoms with van der Waals surface area (Å²) in [4.78, 5) is 13.1. The highest BCUT2D eigenvalue weighted by Crippen LogP contribution is 2.25. The van der Waals surface area contributed by atoms with Gasteiger partial charge >= 0.3 is 0 Å². The van der Waals surface area contributed by atoms with Crippen LogP contribution in [0.15, 0.2) is 35.7 Å².